The third kappa shape index (κ3) is 7.09. The summed E-state index contributed by atoms with van der Waals surface area (Å²) < 4.78 is 6.35. The molecule has 1 heterocycles. The van der Waals surface area contributed by atoms with Gasteiger partial charge in [-0.3, -0.25) is 4.79 Å². The summed E-state index contributed by atoms with van der Waals surface area (Å²) in [4.78, 5) is 42.2. The van der Waals surface area contributed by atoms with Gasteiger partial charge < -0.3 is 35.6 Å². The van der Waals surface area contributed by atoms with Crippen LogP contribution < -0.4 is 20.7 Å². The number of anilines is 3. The molecule has 0 aromatic heterocycles. The highest BCUT2D eigenvalue weighted by atomic mass is 16.5. The SMILES string of the molecule is C[C@@H]1CN([C@@H](C)CO)C(=O)c2cc(NC(=O)Nc3ccccc3)ccc2O[C@H]1CN(C)C(=O)Nc1ccccc1. The van der Waals surface area contributed by atoms with E-state index in [9.17, 15) is 19.5 Å². The average molecular weight is 546 g/mol. The van der Waals surface area contributed by atoms with E-state index < -0.39 is 18.2 Å². The number of aliphatic hydroxyl groups is 1. The van der Waals surface area contributed by atoms with Crippen molar-refractivity contribution in [1.82, 2.24) is 9.80 Å². The Morgan fingerprint density at radius 3 is 2.20 bits per heavy atom. The Hall–Kier alpha value is -4.57. The molecule has 4 rings (SSSR count). The van der Waals surface area contributed by atoms with Crippen LogP contribution in [0.2, 0.25) is 0 Å². The first kappa shape index (κ1) is 28.4. The summed E-state index contributed by atoms with van der Waals surface area (Å²) in [5.41, 5.74) is 1.98. The monoisotopic (exact) mass is 545 g/mol. The second-order valence-corrected chi connectivity index (χ2v) is 9.96. The van der Waals surface area contributed by atoms with Crippen LogP contribution in [0.25, 0.3) is 0 Å². The topological polar surface area (TPSA) is 123 Å². The Kier molecular flexibility index (Phi) is 9.23. The van der Waals surface area contributed by atoms with Crippen molar-refractivity contribution >= 4 is 35.0 Å². The van der Waals surface area contributed by atoms with Crippen LogP contribution in [0.1, 0.15) is 24.2 Å². The highest BCUT2D eigenvalue weighted by Crippen LogP contribution is 2.31. The molecule has 0 saturated carbocycles. The van der Waals surface area contributed by atoms with E-state index in [-0.39, 0.29) is 36.6 Å². The van der Waals surface area contributed by atoms with E-state index in [1.54, 1.807) is 54.1 Å². The Bertz CT molecular complexity index is 1320. The summed E-state index contributed by atoms with van der Waals surface area (Å²) in [5.74, 6) is -0.140. The predicted octanol–water partition coefficient (Wildman–Crippen LogP) is 4.71. The molecule has 0 saturated heterocycles. The Labute approximate surface area is 233 Å². The van der Waals surface area contributed by atoms with Gasteiger partial charge in [-0.25, -0.2) is 9.59 Å². The summed E-state index contributed by atoms with van der Waals surface area (Å²) in [6.45, 7) is 4.08. The fraction of sp³-hybridized carbons (Fsp3) is 0.300. The second-order valence-electron chi connectivity index (χ2n) is 9.96. The van der Waals surface area contributed by atoms with E-state index >= 15 is 0 Å². The molecule has 0 aliphatic carbocycles. The third-order valence-electron chi connectivity index (χ3n) is 6.78. The van der Waals surface area contributed by atoms with Crippen LogP contribution >= 0.6 is 0 Å². The van der Waals surface area contributed by atoms with Gasteiger partial charge in [0.05, 0.1) is 24.8 Å². The molecule has 3 atom stereocenters. The van der Waals surface area contributed by atoms with Gasteiger partial charge >= 0.3 is 12.1 Å². The molecule has 4 N–H and O–H groups in total. The third-order valence-corrected chi connectivity index (χ3v) is 6.78. The summed E-state index contributed by atoms with van der Waals surface area (Å²) >= 11 is 0. The van der Waals surface area contributed by atoms with E-state index in [0.29, 0.717) is 29.4 Å². The van der Waals surface area contributed by atoms with Gasteiger partial charge in [-0.15, -0.1) is 0 Å². The summed E-state index contributed by atoms with van der Waals surface area (Å²) in [7, 11) is 1.69. The number of likely N-dealkylation sites (N-methyl/N-ethyl adjacent to an activating group) is 1. The predicted molar refractivity (Wildman–Crippen MR) is 155 cm³/mol. The number of aliphatic hydroxyl groups excluding tert-OH is 1. The molecule has 210 valence electrons. The normalized spacial score (nSPS) is 17.4. The Morgan fingerprint density at radius 2 is 1.57 bits per heavy atom. The lowest BCUT2D eigenvalue weighted by Crippen LogP contribution is -2.50. The zero-order valence-electron chi connectivity index (χ0n) is 22.8. The lowest BCUT2D eigenvalue weighted by Gasteiger charge is -2.38. The van der Waals surface area contributed by atoms with E-state index in [2.05, 4.69) is 16.0 Å². The van der Waals surface area contributed by atoms with Gasteiger partial charge in [0.15, 0.2) is 0 Å². The number of hydrogen-bond donors (Lipinski definition) is 4. The molecule has 3 aromatic rings. The first-order chi connectivity index (χ1) is 19.2. The van der Waals surface area contributed by atoms with E-state index in [0.717, 1.165) is 0 Å². The van der Waals surface area contributed by atoms with Crippen LogP contribution in [-0.4, -0.2) is 71.8 Å². The van der Waals surface area contributed by atoms with Crippen molar-refractivity contribution in [1.29, 1.82) is 0 Å². The van der Waals surface area contributed by atoms with Crippen molar-refractivity contribution < 1.29 is 24.2 Å². The van der Waals surface area contributed by atoms with Gasteiger partial charge in [0.2, 0.25) is 0 Å². The number of ether oxygens (including phenoxy) is 1. The average Bonchev–Trinajstić information content (AvgIpc) is 2.95. The molecule has 5 amide bonds. The number of carbonyl (C=O) groups excluding carboxylic acids is 3. The second kappa shape index (κ2) is 13.0. The number of amides is 5. The van der Waals surface area contributed by atoms with E-state index in [1.807, 2.05) is 55.5 Å². The minimum atomic E-state index is -0.455. The van der Waals surface area contributed by atoms with E-state index in [1.165, 1.54) is 0 Å². The zero-order valence-corrected chi connectivity index (χ0v) is 22.8. The highest BCUT2D eigenvalue weighted by Gasteiger charge is 2.34. The zero-order chi connectivity index (χ0) is 28.6. The lowest BCUT2D eigenvalue weighted by atomic mass is 9.99. The van der Waals surface area contributed by atoms with Crippen molar-refractivity contribution in [2.24, 2.45) is 5.92 Å². The fourth-order valence-electron chi connectivity index (χ4n) is 4.43. The number of benzene rings is 3. The molecule has 0 bridgehead atoms. The van der Waals surface area contributed by atoms with Gasteiger partial charge in [0, 0.05) is 36.6 Å². The quantitative estimate of drug-likeness (QED) is 0.342. The smallest absolute Gasteiger partial charge is 0.323 e. The van der Waals surface area contributed by atoms with Crippen LogP contribution in [0.15, 0.2) is 78.9 Å². The molecule has 40 heavy (non-hydrogen) atoms. The van der Waals surface area contributed by atoms with Crippen molar-refractivity contribution in [2.45, 2.75) is 26.0 Å². The lowest BCUT2D eigenvalue weighted by molar-refractivity contribution is 0.0371. The minimum absolute atomic E-state index is 0.160. The molecule has 0 radical (unpaired) electrons. The van der Waals surface area contributed by atoms with Crippen LogP contribution in [-0.2, 0) is 0 Å². The van der Waals surface area contributed by atoms with Gasteiger partial charge in [0.1, 0.15) is 11.9 Å². The molecule has 10 heteroatoms. The van der Waals surface area contributed by atoms with Crippen LogP contribution in [0.4, 0.5) is 26.7 Å². The van der Waals surface area contributed by atoms with Gasteiger partial charge in [-0.05, 0) is 49.4 Å². The minimum Gasteiger partial charge on any atom is -0.487 e. The van der Waals surface area contributed by atoms with Crippen LogP contribution in [0.5, 0.6) is 5.75 Å². The number of hydrogen-bond acceptors (Lipinski definition) is 5. The molecule has 10 nitrogen and oxygen atoms in total. The van der Waals surface area contributed by atoms with Crippen LogP contribution in [0.3, 0.4) is 0 Å². The molecule has 0 unspecified atom stereocenters. The Balaban J connectivity index is 1.55. The largest absolute Gasteiger partial charge is 0.487 e. The first-order valence-electron chi connectivity index (χ1n) is 13.2. The van der Waals surface area contributed by atoms with E-state index in [4.69, 9.17) is 4.74 Å². The Morgan fingerprint density at radius 1 is 0.975 bits per heavy atom. The standard InChI is InChI=1S/C30H35N5O5/c1-20-17-35(21(2)19-36)28(37)25-16-24(32-29(38)31-22-10-6-4-7-11-22)14-15-26(25)40-27(20)18-34(3)30(39)33-23-12-8-5-9-13-23/h4-16,20-21,27,36H,17-19H2,1-3H3,(H,33,39)(H2,31,32,38)/t20-,21+,27+/m1/s1. The number of nitrogens with one attached hydrogen (secondary N) is 3. The maximum absolute atomic E-state index is 13.6. The number of carbonyl (C=O) groups is 3. The summed E-state index contributed by atoms with van der Waals surface area (Å²) in [6.07, 6.45) is -0.452. The molecular weight excluding hydrogens is 510 g/mol. The van der Waals surface area contributed by atoms with Crippen molar-refractivity contribution in [3.05, 3.63) is 84.4 Å². The molecule has 0 spiro atoms. The first-order valence-corrected chi connectivity index (χ1v) is 13.2. The molecule has 1 aliphatic rings. The number of para-hydroxylation sites is 2. The number of fused-ring (bicyclic) bond motifs is 1. The van der Waals surface area contributed by atoms with Gasteiger partial charge in [0.25, 0.3) is 5.91 Å². The highest BCUT2D eigenvalue weighted by molar-refractivity contribution is 6.02. The van der Waals surface area contributed by atoms with Crippen molar-refractivity contribution in [3.8, 4) is 5.75 Å². The molecule has 0 fully saturated rings. The molecule has 3 aromatic carbocycles. The number of urea groups is 2. The maximum Gasteiger partial charge on any atom is 0.323 e. The van der Waals surface area contributed by atoms with Crippen molar-refractivity contribution in [3.63, 3.8) is 0 Å². The molecular formula is C30H35N5O5. The number of nitrogens with zero attached hydrogens (tertiary/aromatic N) is 2. The summed E-state index contributed by atoms with van der Waals surface area (Å²) in [6, 6.07) is 21.9. The number of rotatable bonds is 7. The van der Waals surface area contributed by atoms with Crippen molar-refractivity contribution in [2.75, 3.05) is 42.7 Å². The van der Waals surface area contributed by atoms with Crippen LogP contribution in [0, 0.1) is 5.92 Å². The van der Waals surface area contributed by atoms with Gasteiger partial charge in [-0.2, -0.15) is 0 Å². The summed E-state index contributed by atoms with van der Waals surface area (Å²) in [5, 5.41) is 18.3. The fourth-order valence-corrected chi connectivity index (χ4v) is 4.43. The molecule has 1 aliphatic heterocycles. The maximum atomic E-state index is 13.6. The van der Waals surface area contributed by atoms with Gasteiger partial charge in [-0.1, -0.05) is 43.3 Å².